The molecule has 0 saturated heterocycles. The Morgan fingerprint density at radius 1 is 1.54 bits per heavy atom. The molecule has 2 N–H and O–H groups in total. The summed E-state index contributed by atoms with van der Waals surface area (Å²) in [7, 11) is 0. The van der Waals surface area contributed by atoms with Crippen LogP contribution in [-0.2, 0) is 9.53 Å². The van der Waals surface area contributed by atoms with Crippen molar-refractivity contribution in [2.75, 3.05) is 19.8 Å². The molecule has 1 unspecified atom stereocenters. The van der Waals surface area contributed by atoms with Gasteiger partial charge in [0, 0.05) is 12.5 Å². The fourth-order valence-corrected chi connectivity index (χ4v) is 1.04. The van der Waals surface area contributed by atoms with Gasteiger partial charge in [0.1, 0.15) is 6.61 Å². The number of Topliss-reactive ketones (excluding diaryl/α,β-unsaturated/α-hetero) is 1. The topological polar surface area (TPSA) is 52.3 Å². The minimum atomic E-state index is 0.0976. The lowest BCUT2D eigenvalue weighted by Crippen LogP contribution is -2.18. The van der Waals surface area contributed by atoms with E-state index in [0.29, 0.717) is 13.2 Å². The molecule has 0 heterocycles. The molecule has 0 aliphatic carbocycles. The van der Waals surface area contributed by atoms with Crippen molar-refractivity contribution in [3.8, 4) is 0 Å². The van der Waals surface area contributed by atoms with Crippen LogP contribution in [0.5, 0.6) is 0 Å². The quantitative estimate of drug-likeness (QED) is 0.584. The van der Waals surface area contributed by atoms with E-state index in [1.165, 1.54) is 0 Å². The van der Waals surface area contributed by atoms with Crippen molar-refractivity contribution >= 4 is 5.78 Å². The van der Waals surface area contributed by atoms with Gasteiger partial charge in [-0.05, 0) is 25.8 Å². The van der Waals surface area contributed by atoms with Crippen LogP contribution in [0.1, 0.15) is 33.1 Å². The lowest BCUT2D eigenvalue weighted by atomic mass is 10.0. The Labute approximate surface area is 80.6 Å². The van der Waals surface area contributed by atoms with E-state index in [2.05, 4.69) is 0 Å². The SMILES string of the molecule is CCCOCC(=O)C(C)CCCN. The van der Waals surface area contributed by atoms with Gasteiger partial charge in [0.15, 0.2) is 5.78 Å². The summed E-state index contributed by atoms with van der Waals surface area (Å²) in [6, 6.07) is 0. The number of rotatable bonds is 8. The summed E-state index contributed by atoms with van der Waals surface area (Å²) in [6.45, 7) is 5.57. The third-order valence-electron chi connectivity index (χ3n) is 1.98. The monoisotopic (exact) mass is 187 g/mol. The summed E-state index contributed by atoms with van der Waals surface area (Å²) in [5.41, 5.74) is 5.36. The summed E-state index contributed by atoms with van der Waals surface area (Å²) in [4.78, 5) is 11.4. The van der Waals surface area contributed by atoms with Crippen LogP contribution in [0.15, 0.2) is 0 Å². The summed E-state index contributed by atoms with van der Waals surface area (Å²) >= 11 is 0. The van der Waals surface area contributed by atoms with Crippen molar-refractivity contribution in [3.63, 3.8) is 0 Å². The fraction of sp³-hybridized carbons (Fsp3) is 0.900. The number of hydrogen-bond donors (Lipinski definition) is 1. The van der Waals surface area contributed by atoms with Crippen LogP contribution in [0.3, 0.4) is 0 Å². The first-order valence-electron chi connectivity index (χ1n) is 5.02. The Morgan fingerprint density at radius 2 is 2.23 bits per heavy atom. The van der Waals surface area contributed by atoms with E-state index < -0.39 is 0 Å². The van der Waals surface area contributed by atoms with E-state index in [4.69, 9.17) is 10.5 Å². The van der Waals surface area contributed by atoms with Crippen LogP contribution < -0.4 is 5.73 Å². The second kappa shape index (κ2) is 8.20. The smallest absolute Gasteiger partial charge is 0.161 e. The molecule has 0 aromatic heterocycles. The predicted molar refractivity (Wildman–Crippen MR) is 53.6 cm³/mol. The van der Waals surface area contributed by atoms with Crippen LogP contribution in [0, 0.1) is 5.92 Å². The van der Waals surface area contributed by atoms with Gasteiger partial charge in [-0.3, -0.25) is 4.79 Å². The normalized spacial score (nSPS) is 12.8. The molecular formula is C10H21NO2. The Kier molecular flexibility index (Phi) is 7.94. The summed E-state index contributed by atoms with van der Waals surface area (Å²) < 4.78 is 5.16. The number of carbonyl (C=O) groups excluding carboxylic acids is 1. The molecule has 1 atom stereocenters. The maximum absolute atomic E-state index is 11.4. The first-order valence-corrected chi connectivity index (χ1v) is 5.02. The number of nitrogens with two attached hydrogens (primary N) is 1. The Bertz CT molecular complexity index is 137. The van der Waals surface area contributed by atoms with Gasteiger partial charge in [0.2, 0.25) is 0 Å². The zero-order chi connectivity index (χ0) is 10.1. The lowest BCUT2D eigenvalue weighted by molar-refractivity contribution is -0.127. The molecule has 0 saturated carbocycles. The zero-order valence-corrected chi connectivity index (χ0v) is 8.71. The number of hydrogen-bond acceptors (Lipinski definition) is 3. The van der Waals surface area contributed by atoms with Crippen LogP contribution in [-0.4, -0.2) is 25.5 Å². The first kappa shape index (κ1) is 12.6. The number of carbonyl (C=O) groups is 1. The summed E-state index contributed by atoms with van der Waals surface area (Å²) in [5, 5.41) is 0. The van der Waals surface area contributed by atoms with Crippen LogP contribution >= 0.6 is 0 Å². The molecule has 0 aliphatic heterocycles. The van der Waals surface area contributed by atoms with Gasteiger partial charge in [0.25, 0.3) is 0 Å². The molecule has 0 rings (SSSR count). The molecule has 0 amide bonds. The van der Waals surface area contributed by atoms with Crippen molar-refractivity contribution in [1.29, 1.82) is 0 Å². The number of ether oxygens (including phenoxy) is 1. The van der Waals surface area contributed by atoms with Crippen molar-refractivity contribution in [2.45, 2.75) is 33.1 Å². The van der Waals surface area contributed by atoms with Gasteiger partial charge < -0.3 is 10.5 Å². The average Bonchev–Trinajstić information content (AvgIpc) is 2.14. The lowest BCUT2D eigenvalue weighted by Gasteiger charge is -2.09. The maximum atomic E-state index is 11.4. The van der Waals surface area contributed by atoms with E-state index in [9.17, 15) is 4.79 Å². The minimum Gasteiger partial charge on any atom is -0.374 e. The Balaban J connectivity index is 3.45. The molecule has 0 radical (unpaired) electrons. The van der Waals surface area contributed by atoms with Crippen LogP contribution in [0.25, 0.3) is 0 Å². The van der Waals surface area contributed by atoms with Gasteiger partial charge in [-0.25, -0.2) is 0 Å². The standard InChI is InChI=1S/C10H21NO2/c1-3-7-13-8-10(12)9(2)5-4-6-11/h9H,3-8,11H2,1-2H3. The van der Waals surface area contributed by atoms with Gasteiger partial charge in [-0.2, -0.15) is 0 Å². The molecule has 0 bridgehead atoms. The predicted octanol–water partition coefficient (Wildman–Crippen LogP) is 1.36. The molecule has 13 heavy (non-hydrogen) atoms. The third kappa shape index (κ3) is 6.72. The molecule has 0 spiro atoms. The zero-order valence-electron chi connectivity index (χ0n) is 8.71. The highest BCUT2D eigenvalue weighted by molar-refractivity contribution is 5.81. The highest BCUT2D eigenvalue weighted by Crippen LogP contribution is 2.06. The first-order chi connectivity index (χ1) is 6.22. The van der Waals surface area contributed by atoms with Crippen molar-refractivity contribution in [3.05, 3.63) is 0 Å². The summed E-state index contributed by atoms with van der Waals surface area (Å²) in [6.07, 6.45) is 2.76. The maximum Gasteiger partial charge on any atom is 0.161 e. The Morgan fingerprint density at radius 3 is 2.77 bits per heavy atom. The molecule has 78 valence electrons. The Hall–Kier alpha value is -0.410. The second-order valence-electron chi connectivity index (χ2n) is 3.35. The molecule has 0 aliphatic rings. The molecule has 3 heteroatoms. The van der Waals surface area contributed by atoms with Crippen molar-refractivity contribution < 1.29 is 9.53 Å². The molecule has 3 nitrogen and oxygen atoms in total. The van der Waals surface area contributed by atoms with Crippen LogP contribution in [0.2, 0.25) is 0 Å². The largest absolute Gasteiger partial charge is 0.374 e. The third-order valence-corrected chi connectivity index (χ3v) is 1.98. The fourth-order valence-electron chi connectivity index (χ4n) is 1.04. The highest BCUT2D eigenvalue weighted by atomic mass is 16.5. The average molecular weight is 187 g/mol. The molecular weight excluding hydrogens is 166 g/mol. The minimum absolute atomic E-state index is 0.0976. The van der Waals surface area contributed by atoms with E-state index >= 15 is 0 Å². The molecule has 0 fully saturated rings. The van der Waals surface area contributed by atoms with Gasteiger partial charge in [0.05, 0.1) is 0 Å². The van der Waals surface area contributed by atoms with E-state index in [1.807, 2.05) is 13.8 Å². The second-order valence-corrected chi connectivity index (χ2v) is 3.35. The van der Waals surface area contributed by atoms with Gasteiger partial charge in [-0.15, -0.1) is 0 Å². The van der Waals surface area contributed by atoms with E-state index in [0.717, 1.165) is 19.3 Å². The van der Waals surface area contributed by atoms with Gasteiger partial charge in [-0.1, -0.05) is 13.8 Å². The van der Waals surface area contributed by atoms with E-state index in [1.54, 1.807) is 0 Å². The van der Waals surface area contributed by atoms with Gasteiger partial charge >= 0.3 is 0 Å². The van der Waals surface area contributed by atoms with Crippen LogP contribution in [0.4, 0.5) is 0 Å². The van der Waals surface area contributed by atoms with E-state index in [-0.39, 0.29) is 18.3 Å². The molecule has 0 aromatic rings. The number of ketones is 1. The molecule has 0 aromatic carbocycles. The highest BCUT2D eigenvalue weighted by Gasteiger charge is 2.11. The van der Waals surface area contributed by atoms with Crippen molar-refractivity contribution in [1.82, 2.24) is 0 Å². The summed E-state index contributed by atoms with van der Waals surface area (Å²) in [5.74, 6) is 0.294. The van der Waals surface area contributed by atoms with Crippen molar-refractivity contribution in [2.24, 2.45) is 11.7 Å².